The van der Waals surface area contributed by atoms with Crippen LogP contribution in [0.25, 0.3) is 15.5 Å². The summed E-state index contributed by atoms with van der Waals surface area (Å²) in [6.07, 6.45) is 3.77. The molecular formula is C21H24N6OS. The van der Waals surface area contributed by atoms with Crippen LogP contribution in [0.15, 0.2) is 59.4 Å². The molecule has 3 aromatic rings. The number of nitrogens with zero attached hydrogens (tertiary/aromatic N) is 4. The molecule has 0 aliphatic carbocycles. The Morgan fingerprint density at radius 2 is 2.17 bits per heavy atom. The molecule has 8 heteroatoms. The smallest absolute Gasteiger partial charge is 0.277 e. The molecule has 0 spiro atoms. The Balaban J connectivity index is 1.62. The van der Waals surface area contributed by atoms with E-state index in [0.717, 1.165) is 54.8 Å². The third kappa shape index (κ3) is 4.38. The van der Waals surface area contributed by atoms with Crippen LogP contribution in [0.5, 0.6) is 0 Å². The standard InChI is InChI=1S/C21H24N6OS/c1-3-5-15(2)14-23-17-7-4-6-16(12-17)20-25-27-19(28)13-18(24-21(27)29-20)26-10-8-22-9-11-26/h3-7,12-13,22-23H,1,8-11,14H2,2H3. The van der Waals surface area contributed by atoms with E-state index in [1.807, 2.05) is 30.3 Å². The lowest BCUT2D eigenvalue weighted by Crippen LogP contribution is -2.44. The number of piperazine rings is 1. The fraction of sp³-hybridized carbons (Fsp3) is 0.286. The van der Waals surface area contributed by atoms with Crippen molar-refractivity contribution in [2.75, 3.05) is 42.9 Å². The van der Waals surface area contributed by atoms with Crippen LogP contribution >= 0.6 is 11.3 Å². The average molecular weight is 409 g/mol. The Hall–Kier alpha value is -2.97. The molecular weight excluding hydrogens is 384 g/mol. The number of hydrogen-bond acceptors (Lipinski definition) is 7. The Morgan fingerprint density at radius 1 is 1.34 bits per heavy atom. The first-order valence-corrected chi connectivity index (χ1v) is 10.4. The number of benzene rings is 1. The lowest BCUT2D eigenvalue weighted by atomic mass is 10.2. The quantitative estimate of drug-likeness (QED) is 0.611. The monoisotopic (exact) mass is 408 g/mol. The Morgan fingerprint density at radius 3 is 2.97 bits per heavy atom. The molecule has 1 aliphatic heterocycles. The molecule has 0 amide bonds. The number of allylic oxidation sites excluding steroid dienone is 2. The molecule has 2 N–H and O–H groups in total. The van der Waals surface area contributed by atoms with Crippen LogP contribution in [-0.4, -0.2) is 47.3 Å². The summed E-state index contributed by atoms with van der Waals surface area (Å²) in [7, 11) is 0. The van der Waals surface area contributed by atoms with Gasteiger partial charge in [0, 0.05) is 50.0 Å². The molecule has 2 aromatic heterocycles. The molecule has 4 rings (SSSR count). The summed E-state index contributed by atoms with van der Waals surface area (Å²) in [5.74, 6) is 0.728. The van der Waals surface area contributed by atoms with Crippen LogP contribution in [0, 0.1) is 0 Å². The third-order valence-electron chi connectivity index (χ3n) is 4.76. The summed E-state index contributed by atoms with van der Waals surface area (Å²) >= 11 is 1.43. The third-order valence-corrected chi connectivity index (χ3v) is 5.71. The maximum absolute atomic E-state index is 12.6. The highest BCUT2D eigenvalue weighted by Crippen LogP contribution is 2.27. The summed E-state index contributed by atoms with van der Waals surface area (Å²) in [6, 6.07) is 9.62. The second-order valence-electron chi connectivity index (χ2n) is 6.97. The van der Waals surface area contributed by atoms with Crippen molar-refractivity contribution < 1.29 is 0 Å². The van der Waals surface area contributed by atoms with Gasteiger partial charge in [0.15, 0.2) is 0 Å². The van der Waals surface area contributed by atoms with Crippen LogP contribution in [0.2, 0.25) is 0 Å². The Bertz CT molecular complexity index is 1110. The van der Waals surface area contributed by atoms with Gasteiger partial charge in [-0.2, -0.15) is 9.61 Å². The van der Waals surface area contributed by atoms with Crippen LogP contribution in [-0.2, 0) is 0 Å². The Labute approximate surface area is 173 Å². The van der Waals surface area contributed by atoms with Crippen molar-refractivity contribution >= 4 is 27.8 Å². The molecule has 1 aromatic carbocycles. The molecule has 1 fully saturated rings. The van der Waals surface area contributed by atoms with E-state index in [4.69, 9.17) is 4.98 Å². The molecule has 29 heavy (non-hydrogen) atoms. The van der Waals surface area contributed by atoms with Crippen LogP contribution < -0.4 is 21.1 Å². The van der Waals surface area contributed by atoms with Crippen molar-refractivity contribution in [3.8, 4) is 10.6 Å². The van der Waals surface area contributed by atoms with Gasteiger partial charge in [-0.15, -0.1) is 0 Å². The molecule has 1 aliphatic rings. The summed E-state index contributed by atoms with van der Waals surface area (Å²) in [5, 5.41) is 12.0. The van der Waals surface area contributed by atoms with Crippen LogP contribution in [0.3, 0.4) is 0 Å². The van der Waals surface area contributed by atoms with Gasteiger partial charge in [0.05, 0.1) is 0 Å². The zero-order chi connectivity index (χ0) is 20.2. The van der Waals surface area contributed by atoms with Gasteiger partial charge in [-0.05, 0) is 19.1 Å². The van der Waals surface area contributed by atoms with Crippen molar-refractivity contribution in [1.29, 1.82) is 0 Å². The number of nitrogens with one attached hydrogen (secondary N) is 2. The van der Waals surface area contributed by atoms with Crippen LogP contribution in [0.1, 0.15) is 6.92 Å². The summed E-state index contributed by atoms with van der Waals surface area (Å²) in [4.78, 5) is 20.0. The molecule has 0 radical (unpaired) electrons. The van der Waals surface area contributed by atoms with Gasteiger partial charge < -0.3 is 15.5 Å². The lowest BCUT2D eigenvalue weighted by molar-refractivity contribution is 0.584. The highest BCUT2D eigenvalue weighted by molar-refractivity contribution is 7.19. The van der Waals surface area contributed by atoms with Gasteiger partial charge in [0.25, 0.3) is 5.56 Å². The van der Waals surface area contributed by atoms with Gasteiger partial charge in [-0.3, -0.25) is 4.79 Å². The fourth-order valence-electron chi connectivity index (χ4n) is 3.24. The van der Waals surface area contributed by atoms with E-state index in [1.165, 1.54) is 21.4 Å². The second kappa shape index (κ2) is 8.59. The van der Waals surface area contributed by atoms with Crippen molar-refractivity contribution in [1.82, 2.24) is 19.9 Å². The summed E-state index contributed by atoms with van der Waals surface area (Å²) in [6.45, 7) is 10.0. The van der Waals surface area contributed by atoms with Crippen LogP contribution in [0.4, 0.5) is 11.5 Å². The molecule has 0 saturated carbocycles. The van der Waals surface area contributed by atoms with E-state index >= 15 is 0 Å². The number of aromatic nitrogens is 3. The number of anilines is 2. The zero-order valence-electron chi connectivity index (χ0n) is 16.4. The van der Waals surface area contributed by atoms with Crippen molar-refractivity contribution in [2.45, 2.75) is 6.92 Å². The minimum absolute atomic E-state index is 0.148. The number of hydrogen-bond donors (Lipinski definition) is 2. The number of rotatable bonds is 6. The van der Waals surface area contributed by atoms with E-state index in [-0.39, 0.29) is 5.56 Å². The predicted octanol–water partition coefficient (Wildman–Crippen LogP) is 2.77. The van der Waals surface area contributed by atoms with Gasteiger partial charge in [0.1, 0.15) is 10.8 Å². The van der Waals surface area contributed by atoms with Crippen molar-refractivity contribution in [3.63, 3.8) is 0 Å². The van der Waals surface area contributed by atoms with E-state index in [9.17, 15) is 4.79 Å². The lowest BCUT2D eigenvalue weighted by Gasteiger charge is -2.27. The molecule has 150 valence electrons. The van der Waals surface area contributed by atoms with E-state index in [2.05, 4.69) is 34.1 Å². The topological polar surface area (TPSA) is 74.6 Å². The molecule has 1 saturated heterocycles. The first-order chi connectivity index (χ1) is 14.1. The predicted molar refractivity (Wildman–Crippen MR) is 120 cm³/mol. The van der Waals surface area contributed by atoms with Gasteiger partial charge in [-0.25, -0.2) is 4.98 Å². The van der Waals surface area contributed by atoms with Crippen molar-refractivity contribution in [3.05, 3.63) is 65.0 Å². The van der Waals surface area contributed by atoms with E-state index in [0.29, 0.717) is 4.96 Å². The molecule has 0 bridgehead atoms. The molecule has 3 heterocycles. The van der Waals surface area contributed by atoms with Crippen molar-refractivity contribution in [2.24, 2.45) is 0 Å². The summed E-state index contributed by atoms with van der Waals surface area (Å²) in [5.41, 5.74) is 3.01. The fourth-order valence-corrected chi connectivity index (χ4v) is 4.13. The highest BCUT2D eigenvalue weighted by Gasteiger charge is 2.16. The first kappa shape index (κ1) is 19.4. The van der Waals surface area contributed by atoms with Gasteiger partial charge >= 0.3 is 0 Å². The highest BCUT2D eigenvalue weighted by atomic mass is 32.1. The minimum atomic E-state index is -0.148. The SMILES string of the molecule is C=CC=C(C)CNc1cccc(-c2nn3c(=O)cc(N4CCNCC4)nc3s2)c1. The van der Waals surface area contributed by atoms with Gasteiger partial charge in [-0.1, -0.05) is 47.8 Å². The second-order valence-corrected chi connectivity index (χ2v) is 7.93. The van der Waals surface area contributed by atoms with Gasteiger partial charge in [0.2, 0.25) is 4.96 Å². The maximum atomic E-state index is 12.6. The normalized spacial score (nSPS) is 14.9. The molecule has 7 nitrogen and oxygen atoms in total. The maximum Gasteiger partial charge on any atom is 0.277 e. The molecule has 0 unspecified atom stereocenters. The average Bonchev–Trinajstić information content (AvgIpc) is 3.18. The van der Waals surface area contributed by atoms with E-state index in [1.54, 1.807) is 12.1 Å². The summed E-state index contributed by atoms with van der Waals surface area (Å²) < 4.78 is 1.39. The largest absolute Gasteiger partial charge is 0.381 e. The minimum Gasteiger partial charge on any atom is -0.381 e. The van der Waals surface area contributed by atoms with E-state index < -0.39 is 0 Å². The first-order valence-electron chi connectivity index (χ1n) is 9.63. The Kier molecular flexibility index (Phi) is 5.73. The number of fused-ring (bicyclic) bond motifs is 1. The molecule has 0 atom stereocenters. The zero-order valence-corrected chi connectivity index (χ0v) is 17.2.